The van der Waals surface area contributed by atoms with Gasteiger partial charge < -0.3 is 0 Å². The molecule has 0 aromatic heterocycles. The van der Waals surface area contributed by atoms with Gasteiger partial charge in [0.15, 0.2) is 0 Å². The highest BCUT2D eigenvalue weighted by Gasteiger charge is 2.33. The summed E-state index contributed by atoms with van der Waals surface area (Å²) in [5.41, 5.74) is 0.0163. The summed E-state index contributed by atoms with van der Waals surface area (Å²) < 4.78 is 50.6. The van der Waals surface area contributed by atoms with Crippen molar-refractivity contribution in [2.24, 2.45) is 0 Å². The standard InChI is InChI=1S/C14H7F4N/c15-13-7-11(5-6-12(13)14(16,17)18)10-3-1-9(8-19)2-4-10/h1-7H. The first kappa shape index (κ1) is 13.1. The Kier molecular flexibility index (Phi) is 3.26. The lowest BCUT2D eigenvalue weighted by Gasteiger charge is -2.09. The summed E-state index contributed by atoms with van der Waals surface area (Å²) in [7, 11) is 0. The van der Waals surface area contributed by atoms with Crippen molar-refractivity contribution >= 4 is 0 Å². The summed E-state index contributed by atoms with van der Waals surface area (Å²) in [5, 5.41) is 8.63. The second kappa shape index (κ2) is 4.73. The van der Waals surface area contributed by atoms with Crippen molar-refractivity contribution in [3.63, 3.8) is 0 Å². The zero-order chi connectivity index (χ0) is 14.0. The van der Waals surface area contributed by atoms with E-state index in [-0.39, 0.29) is 0 Å². The first-order valence-corrected chi connectivity index (χ1v) is 5.29. The molecule has 2 aromatic rings. The third-order valence-electron chi connectivity index (χ3n) is 2.62. The van der Waals surface area contributed by atoms with Crippen LogP contribution in [-0.2, 0) is 6.18 Å². The van der Waals surface area contributed by atoms with Crippen LogP contribution < -0.4 is 0 Å². The Bertz CT molecular complexity index is 636. The highest BCUT2D eigenvalue weighted by atomic mass is 19.4. The summed E-state index contributed by atoms with van der Waals surface area (Å²) in [5.74, 6) is -1.31. The van der Waals surface area contributed by atoms with Crippen molar-refractivity contribution in [2.75, 3.05) is 0 Å². The molecule has 0 aliphatic rings. The van der Waals surface area contributed by atoms with Crippen LogP contribution in [0.25, 0.3) is 11.1 Å². The molecule has 0 atom stereocenters. The minimum atomic E-state index is -4.70. The SMILES string of the molecule is N#Cc1ccc(-c2ccc(C(F)(F)F)c(F)c2)cc1. The molecule has 0 saturated heterocycles. The zero-order valence-corrected chi connectivity index (χ0v) is 9.50. The Morgan fingerprint density at radius 1 is 0.895 bits per heavy atom. The fourth-order valence-electron chi connectivity index (χ4n) is 1.66. The van der Waals surface area contributed by atoms with Gasteiger partial charge in [-0.3, -0.25) is 0 Å². The van der Waals surface area contributed by atoms with Crippen molar-refractivity contribution < 1.29 is 17.6 Å². The van der Waals surface area contributed by atoms with E-state index in [0.29, 0.717) is 22.8 Å². The van der Waals surface area contributed by atoms with Gasteiger partial charge in [0, 0.05) is 0 Å². The molecule has 0 amide bonds. The Balaban J connectivity index is 2.42. The van der Waals surface area contributed by atoms with Crippen molar-refractivity contribution in [3.05, 3.63) is 59.4 Å². The second-order valence-corrected chi connectivity index (χ2v) is 3.88. The van der Waals surface area contributed by atoms with Crippen LogP contribution in [0.1, 0.15) is 11.1 Å². The molecule has 0 unspecified atom stereocenters. The molecule has 0 radical (unpaired) electrons. The highest BCUT2D eigenvalue weighted by Crippen LogP contribution is 2.33. The van der Waals surface area contributed by atoms with Crippen LogP contribution in [-0.4, -0.2) is 0 Å². The van der Waals surface area contributed by atoms with E-state index in [1.54, 1.807) is 12.1 Å². The molecule has 0 fully saturated rings. The minimum Gasteiger partial charge on any atom is -0.206 e. The molecule has 0 saturated carbocycles. The number of hydrogen-bond acceptors (Lipinski definition) is 1. The maximum Gasteiger partial charge on any atom is 0.419 e. The Morgan fingerprint density at radius 2 is 1.47 bits per heavy atom. The normalized spacial score (nSPS) is 11.1. The summed E-state index contributed by atoms with van der Waals surface area (Å²) >= 11 is 0. The predicted octanol–water partition coefficient (Wildman–Crippen LogP) is 4.38. The molecule has 2 rings (SSSR count). The lowest BCUT2D eigenvalue weighted by atomic mass is 10.0. The van der Waals surface area contributed by atoms with E-state index in [4.69, 9.17) is 5.26 Å². The van der Waals surface area contributed by atoms with E-state index in [0.717, 1.165) is 6.07 Å². The molecular weight excluding hydrogens is 258 g/mol. The van der Waals surface area contributed by atoms with Crippen LogP contribution in [0.5, 0.6) is 0 Å². The maximum atomic E-state index is 13.4. The average molecular weight is 265 g/mol. The van der Waals surface area contributed by atoms with Gasteiger partial charge in [-0.1, -0.05) is 18.2 Å². The van der Waals surface area contributed by atoms with Crippen molar-refractivity contribution in [2.45, 2.75) is 6.18 Å². The molecule has 0 heterocycles. The molecule has 0 aliphatic heterocycles. The van der Waals surface area contributed by atoms with Crippen LogP contribution in [0, 0.1) is 17.1 Å². The van der Waals surface area contributed by atoms with Gasteiger partial charge in [-0.2, -0.15) is 18.4 Å². The maximum absolute atomic E-state index is 13.4. The number of hydrogen-bond donors (Lipinski definition) is 0. The Labute approximate surface area is 106 Å². The summed E-state index contributed by atoms with van der Waals surface area (Å²) in [6, 6.07) is 10.8. The quantitative estimate of drug-likeness (QED) is 0.702. The van der Waals surface area contributed by atoms with Gasteiger partial charge in [0.25, 0.3) is 0 Å². The smallest absolute Gasteiger partial charge is 0.206 e. The van der Waals surface area contributed by atoms with Gasteiger partial charge in [0.1, 0.15) is 5.82 Å². The third-order valence-corrected chi connectivity index (χ3v) is 2.62. The first-order chi connectivity index (χ1) is 8.91. The van der Waals surface area contributed by atoms with Gasteiger partial charge in [0.2, 0.25) is 0 Å². The molecule has 0 spiro atoms. The zero-order valence-electron chi connectivity index (χ0n) is 9.50. The van der Waals surface area contributed by atoms with Gasteiger partial charge in [0.05, 0.1) is 17.2 Å². The fraction of sp³-hybridized carbons (Fsp3) is 0.0714. The highest BCUT2D eigenvalue weighted by molar-refractivity contribution is 5.64. The van der Waals surface area contributed by atoms with Crippen molar-refractivity contribution in [1.82, 2.24) is 0 Å². The van der Waals surface area contributed by atoms with Crippen molar-refractivity contribution in [1.29, 1.82) is 5.26 Å². The van der Waals surface area contributed by atoms with E-state index in [1.165, 1.54) is 18.2 Å². The number of benzene rings is 2. The molecule has 2 aromatic carbocycles. The van der Waals surface area contributed by atoms with Gasteiger partial charge in [-0.15, -0.1) is 0 Å². The topological polar surface area (TPSA) is 23.8 Å². The first-order valence-electron chi connectivity index (χ1n) is 5.29. The second-order valence-electron chi connectivity index (χ2n) is 3.88. The van der Waals surface area contributed by atoms with Crippen LogP contribution in [0.15, 0.2) is 42.5 Å². The summed E-state index contributed by atoms with van der Waals surface area (Å²) in [4.78, 5) is 0. The summed E-state index contributed by atoms with van der Waals surface area (Å²) in [6.45, 7) is 0. The fourth-order valence-corrected chi connectivity index (χ4v) is 1.66. The molecule has 0 bridgehead atoms. The van der Waals surface area contributed by atoms with Gasteiger partial charge in [-0.25, -0.2) is 4.39 Å². The van der Waals surface area contributed by atoms with E-state index in [1.807, 2.05) is 6.07 Å². The minimum absolute atomic E-state index is 0.329. The lowest BCUT2D eigenvalue weighted by Crippen LogP contribution is -2.07. The molecule has 19 heavy (non-hydrogen) atoms. The van der Waals surface area contributed by atoms with Crippen molar-refractivity contribution in [3.8, 4) is 17.2 Å². The van der Waals surface area contributed by atoms with Crippen LogP contribution in [0.2, 0.25) is 0 Å². The van der Waals surface area contributed by atoms with E-state index >= 15 is 0 Å². The number of rotatable bonds is 1. The van der Waals surface area contributed by atoms with Gasteiger partial charge >= 0.3 is 6.18 Å². The number of alkyl halides is 3. The van der Waals surface area contributed by atoms with Crippen LogP contribution >= 0.6 is 0 Å². The molecule has 96 valence electrons. The Hall–Kier alpha value is -2.35. The molecule has 0 N–H and O–H groups in total. The molecule has 1 nitrogen and oxygen atoms in total. The average Bonchev–Trinajstić information content (AvgIpc) is 2.37. The number of halogens is 4. The lowest BCUT2D eigenvalue weighted by molar-refractivity contribution is -0.139. The van der Waals surface area contributed by atoms with E-state index < -0.39 is 17.6 Å². The molecule has 0 aliphatic carbocycles. The van der Waals surface area contributed by atoms with E-state index in [9.17, 15) is 17.6 Å². The number of nitrogens with zero attached hydrogens (tertiary/aromatic N) is 1. The molecule has 5 heteroatoms. The third kappa shape index (κ3) is 2.74. The monoisotopic (exact) mass is 265 g/mol. The van der Waals surface area contributed by atoms with Crippen LogP contribution in [0.3, 0.4) is 0 Å². The largest absolute Gasteiger partial charge is 0.419 e. The molecular formula is C14H7F4N. The Morgan fingerprint density at radius 3 is 1.95 bits per heavy atom. The van der Waals surface area contributed by atoms with E-state index in [2.05, 4.69) is 0 Å². The van der Waals surface area contributed by atoms with Gasteiger partial charge in [-0.05, 0) is 35.4 Å². The number of nitriles is 1. The predicted molar refractivity (Wildman–Crippen MR) is 61.6 cm³/mol. The summed E-state index contributed by atoms with van der Waals surface area (Å²) in [6.07, 6.45) is -4.70. The van der Waals surface area contributed by atoms with Crippen LogP contribution in [0.4, 0.5) is 17.6 Å².